The largest absolute Gasteiger partial charge is 0.409 e. The molecule has 0 spiro atoms. The molecule has 1 heterocycles. The normalized spacial score (nSPS) is 21.1. The van der Waals surface area contributed by atoms with Crippen LogP contribution >= 0.6 is 0 Å². The van der Waals surface area contributed by atoms with Crippen LogP contribution in [0.5, 0.6) is 0 Å². The van der Waals surface area contributed by atoms with Gasteiger partial charge in [-0.2, -0.15) is 13.2 Å². The molecule has 0 unspecified atom stereocenters. The Balaban J connectivity index is 2.34. The monoisotopic (exact) mass is 243 g/mol. The van der Waals surface area contributed by atoms with Crippen LogP contribution in [0.3, 0.4) is 0 Å². The zero-order chi connectivity index (χ0) is 12.6. The minimum Gasteiger partial charge on any atom is -0.300 e. The Labute approximate surface area is 97.0 Å². The van der Waals surface area contributed by atoms with Crippen LogP contribution in [0.1, 0.15) is 18.4 Å². The number of rotatable bonds is 1. The molecule has 0 aromatic heterocycles. The lowest BCUT2D eigenvalue weighted by Crippen LogP contribution is -2.43. The molecule has 1 saturated heterocycles. The molecule has 1 fully saturated rings. The molecule has 1 aliphatic rings. The molecule has 0 aliphatic carbocycles. The van der Waals surface area contributed by atoms with Crippen molar-refractivity contribution in [2.45, 2.75) is 32.0 Å². The number of carbonyl (C=O) groups is 1. The van der Waals surface area contributed by atoms with Crippen molar-refractivity contribution in [3.05, 3.63) is 29.8 Å². The SMILES string of the molecule is Cc1ccc(N2C(=O)CC[C@H]2C(F)(F)F)cc1. The van der Waals surface area contributed by atoms with Crippen LogP contribution in [0.2, 0.25) is 0 Å². The molecule has 1 amide bonds. The van der Waals surface area contributed by atoms with E-state index in [2.05, 4.69) is 0 Å². The van der Waals surface area contributed by atoms with Gasteiger partial charge in [0.2, 0.25) is 5.91 Å². The second-order valence-electron chi connectivity index (χ2n) is 4.20. The van der Waals surface area contributed by atoms with Crippen molar-refractivity contribution in [2.24, 2.45) is 0 Å². The summed E-state index contributed by atoms with van der Waals surface area (Å²) in [6, 6.07) is 4.83. The molecule has 1 aromatic carbocycles. The summed E-state index contributed by atoms with van der Waals surface area (Å²) in [5, 5.41) is 0. The fourth-order valence-corrected chi connectivity index (χ4v) is 2.02. The van der Waals surface area contributed by atoms with Gasteiger partial charge >= 0.3 is 6.18 Å². The maximum Gasteiger partial charge on any atom is 0.409 e. The van der Waals surface area contributed by atoms with Gasteiger partial charge in [-0.15, -0.1) is 0 Å². The van der Waals surface area contributed by atoms with Crippen molar-refractivity contribution in [1.82, 2.24) is 0 Å². The lowest BCUT2D eigenvalue weighted by molar-refractivity contribution is -0.148. The van der Waals surface area contributed by atoms with Crippen molar-refractivity contribution in [1.29, 1.82) is 0 Å². The van der Waals surface area contributed by atoms with Gasteiger partial charge in [-0.05, 0) is 25.5 Å². The van der Waals surface area contributed by atoms with Crippen LogP contribution in [0.25, 0.3) is 0 Å². The first-order chi connectivity index (χ1) is 7.89. The first kappa shape index (κ1) is 12.0. The van der Waals surface area contributed by atoms with Crippen molar-refractivity contribution in [3.63, 3.8) is 0 Å². The molecule has 2 rings (SSSR count). The van der Waals surface area contributed by atoms with Crippen molar-refractivity contribution < 1.29 is 18.0 Å². The summed E-state index contributed by atoms with van der Waals surface area (Å²) < 4.78 is 38.3. The Bertz CT molecular complexity index is 424. The molecule has 1 aromatic rings. The number of nitrogens with zero attached hydrogens (tertiary/aromatic N) is 1. The van der Waals surface area contributed by atoms with Crippen molar-refractivity contribution in [2.75, 3.05) is 4.90 Å². The molecule has 0 bridgehead atoms. The topological polar surface area (TPSA) is 20.3 Å². The van der Waals surface area contributed by atoms with Crippen LogP contribution in [-0.2, 0) is 4.79 Å². The maximum absolute atomic E-state index is 12.8. The number of aryl methyl sites for hydroxylation is 1. The zero-order valence-corrected chi connectivity index (χ0v) is 9.29. The quantitative estimate of drug-likeness (QED) is 0.742. The van der Waals surface area contributed by atoms with E-state index in [1.165, 1.54) is 0 Å². The molecule has 1 aliphatic heterocycles. The van der Waals surface area contributed by atoms with Gasteiger partial charge in [-0.1, -0.05) is 17.7 Å². The highest BCUT2D eigenvalue weighted by atomic mass is 19.4. The zero-order valence-electron chi connectivity index (χ0n) is 9.29. The van der Waals surface area contributed by atoms with E-state index in [1.54, 1.807) is 24.3 Å². The summed E-state index contributed by atoms with van der Waals surface area (Å²) in [4.78, 5) is 12.4. The molecule has 5 heteroatoms. The Morgan fingerprint density at radius 1 is 1.24 bits per heavy atom. The smallest absolute Gasteiger partial charge is 0.300 e. The number of alkyl halides is 3. The molecule has 17 heavy (non-hydrogen) atoms. The predicted octanol–water partition coefficient (Wildman–Crippen LogP) is 3.05. The van der Waals surface area contributed by atoms with Gasteiger partial charge < -0.3 is 4.90 Å². The Morgan fingerprint density at radius 3 is 2.35 bits per heavy atom. The average Bonchev–Trinajstić information content (AvgIpc) is 2.61. The molecule has 0 radical (unpaired) electrons. The minimum absolute atomic E-state index is 0.0436. The van der Waals surface area contributed by atoms with Gasteiger partial charge in [0.25, 0.3) is 0 Å². The number of amides is 1. The summed E-state index contributed by atoms with van der Waals surface area (Å²) in [6.45, 7) is 1.84. The number of anilines is 1. The Hall–Kier alpha value is -1.52. The van der Waals surface area contributed by atoms with Gasteiger partial charge in [0.05, 0.1) is 0 Å². The maximum atomic E-state index is 12.8. The van der Waals surface area contributed by atoms with Crippen LogP contribution in [0, 0.1) is 6.92 Å². The molecule has 0 saturated carbocycles. The first-order valence-electron chi connectivity index (χ1n) is 5.35. The summed E-state index contributed by atoms with van der Waals surface area (Å²) >= 11 is 0. The van der Waals surface area contributed by atoms with Gasteiger partial charge in [-0.25, -0.2) is 0 Å². The van der Waals surface area contributed by atoms with E-state index < -0.39 is 18.1 Å². The molecule has 1 atom stereocenters. The van der Waals surface area contributed by atoms with Gasteiger partial charge in [0.15, 0.2) is 0 Å². The second-order valence-corrected chi connectivity index (χ2v) is 4.20. The highest BCUT2D eigenvalue weighted by Gasteiger charge is 2.49. The number of hydrogen-bond donors (Lipinski definition) is 0. The van der Waals surface area contributed by atoms with Crippen LogP contribution in [-0.4, -0.2) is 18.1 Å². The lowest BCUT2D eigenvalue weighted by Gasteiger charge is -2.26. The third-order valence-electron chi connectivity index (χ3n) is 2.90. The number of carbonyl (C=O) groups excluding carboxylic acids is 1. The van der Waals surface area contributed by atoms with Gasteiger partial charge in [-0.3, -0.25) is 4.79 Å². The summed E-state index contributed by atoms with van der Waals surface area (Å²) in [5.41, 5.74) is 1.27. The van der Waals surface area contributed by atoms with E-state index in [9.17, 15) is 18.0 Å². The van der Waals surface area contributed by atoms with E-state index in [1.807, 2.05) is 6.92 Å². The van der Waals surface area contributed by atoms with E-state index >= 15 is 0 Å². The number of benzene rings is 1. The van der Waals surface area contributed by atoms with Crippen LogP contribution < -0.4 is 4.90 Å². The van der Waals surface area contributed by atoms with E-state index in [4.69, 9.17) is 0 Å². The first-order valence-corrected chi connectivity index (χ1v) is 5.35. The highest BCUT2D eigenvalue weighted by molar-refractivity contribution is 5.96. The fourth-order valence-electron chi connectivity index (χ4n) is 2.02. The summed E-state index contributed by atoms with van der Waals surface area (Å²) in [7, 11) is 0. The standard InChI is InChI=1S/C12H12F3NO/c1-8-2-4-9(5-3-8)16-10(12(13,14)15)6-7-11(16)17/h2-5,10H,6-7H2,1H3/t10-/m0/s1. The molecular formula is C12H12F3NO. The predicted molar refractivity (Wildman–Crippen MR) is 57.7 cm³/mol. The van der Waals surface area contributed by atoms with Crippen LogP contribution in [0.4, 0.5) is 18.9 Å². The Kier molecular flexibility index (Phi) is 2.85. The third-order valence-corrected chi connectivity index (χ3v) is 2.90. The van der Waals surface area contributed by atoms with Crippen LogP contribution in [0.15, 0.2) is 24.3 Å². The van der Waals surface area contributed by atoms with Crippen molar-refractivity contribution >= 4 is 11.6 Å². The fraction of sp³-hybridized carbons (Fsp3) is 0.417. The molecular weight excluding hydrogens is 231 g/mol. The second kappa shape index (κ2) is 4.05. The van der Waals surface area contributed by atoms with Gasteiger partial charge in [0, 0.05) is 12.1 Å². The number of hydrogen-bond acceptors (Lipinski definition) is 1. The van der Waals surface area contributed by atoms with E-state index in [-0.39, 0.29) is 12.8 Å². The third kappa shape index (κ3) is 2.28. The Morgan fingerprint density at radius 2 is 1.82 bits per heavy atom. The molecule has 0 N–H and O–H groups in total. The molecule has 92 valence electrons. The van der Waals surface area contributed by atoms with Crippen molar-refractivity contribution in [3.8, 4) is 0 Å². The highest BCUT2D eigenvalue weighted by Crippen LogP contribution is 2.36. The minimum atomic E-state index is -4.36. The summed E-state index contributed by atoms with van der Waals surface area (Å²) in [5.74, 6) is -0.462. The van der Waals surface area contributed by atoms with Gasteiger partial charge in [0.1, 0.15) is 6.04 Å². The average molecular weight is 243 g/mol. The van der Waals surface area contributed by atoms with E-state index in [0.29, 0.717) is 5.69 Å². The number of halogens is 3. The lowest BCUT2D eigenvalue weighted by atomic mass is 10.2. The summed E-state index contributed by atoms with van der Waals surface area (Å²) in [6.07, 6.45) is -4.56. The van der Waals surface area contributed by atoms with E-state index in [0.717, 1.165) is 10.5 Å². The molecule has 2 nitrogen and oxygen atoms in total.